The Bertz CT molecular complexity index is 1510. The Morgan fingerprint density at radius 1 is 0.957 bits per heavy atom. The van der Waals surface area contributed by atoms with Crippen LogP contribution in [0, 0.1) is 34.5 Å². The molecule has 4 aliphatic carbocycles. The smallest absolute Gasteiger partial charge is 0.309 e. The lowest BCUT2D eigenvalue weighted by molar-refractivity contribution is -0.157. The summed E-state index contributed by atoms with van der Waals surface area (Å²) in [5.41, 5.74) is 6.07. The van der Waals surface area contributed by atoms with Gasteiger partial charge in [0.1, 0.15) is 6.10 Å². The van der Waals surface area contributed by atoms with Gasteiger partial charge in [0.05, 0.1) is 17.8 Å². The highest BCUT2D eigenvalue weighted by Crippen LogP contribution is 2.66. The molecule has 2 aromatic heterocycles. The number of allylic oxidation sites excluding steroid dienone is 6. The Morgan fingerprint density at radius 3 is 2.43 bits per heavy atom. The lowest BCUT2D eigenvalue weighted by atomic mass is 9.47. The van der Waals surface area contributed by atoms with E-state index in [1.165, 1.54) is 36.8 Å². The average Bonchev–Trinajstić information content (AvgIpc) is 3.47. The first kappa shape index (κ1) is 33.1. The Morgan fingerprint density at radius 2 is 1.72 bits per heavy atom. The third-order valence-electron chi connectivity index (χ3n) is 12.2. The molecule has 3 fully saturated rings. The minimum Gasteiger partial charge on any atom is -0.462 e. The fourth-order valence-corrected chi connectivity index (χ4v) is 9.66. The van der Waals surface area contributed by atoms with Crippen molar-refractivity contribution < 1.29 is 9.53 Å². The number of carbonyl (C=O) groups excluding carboxylic acids is 1. The van der Waals surface area contributed by atoms with Crippen LogP contribution in [0.25, 0.3) is 5.57 Å². The van der Waals surface area contributed by atoms with Crippen molar-refractivity contribution in [2.24, 2.45) is 39.5 Å². The maximum atomic E-state index is 13.2. The van der Waals surface area contributed by atoms with E-state index in [1.807, 2.05) is 49.8 Å². The van der Waals surface area contributed by atoms with Crippen molar-refractivity contribution in [2.75, 3.05) is 18.0 Å². The van der Waals surface area contributed by atoms with Gasteiger partial charge in [-0.3, -0.25) is 19.8 Å². The van der Waals surface area contributed by atoms with Gasteiger partial charge in [0.25, 0.3) is 0 Å². The summed E-state index contributed by atoms with van der Waals surface area (Å²) in [6.45, 7) is 12.1. The van der Waals surface area contributed by atoms with Crippen molar-refractivity contribution in [2.45, 2.75) is 84.7 Å². The van der Waals surface area contributed by atoms with Crippen molar-refractivity contribution in [1.29, 1.82) is 0 Å². The molecule has 47 heavy (non-hydrogen) atoms. The van der Waals surface area contributed by atoms with Crippen molar-refractivity contribution in [3.63, 3.8) is 0 Å². The number of rotatable bonds is 6. The van der Waals surface area contributed by atoms with Gasteiger partial charge >= 0.3 is 5.97 Å². The monoisotopic (exact) mass is 632 g/mol. The van der Waals surface area contributed by atoms with Gasteiger partial charge in [0, 0.05) is 44.3 Å². The Labute approximate surface area is 281 Å². The van der Waals surface area contributed by atoms with Gasteiger partial charge < -0.3 is 9.64 Å². The molecule has 0 N–H and O–H groups in total. The lowest BCUT2D eigenvalue weighted by Gasteiger charge is -2.58. The topological polar surface area (TPSA) is 67.7 Å². The van der Waals surface area contributed by atoms with E-state index < -0.39 is 0 Å². The van der Waals surface area contributed by atoms with E-state index in [0.29, 0.717) is 5.92 Å². The molecule has 0 spiro atoms. The van der Waals surface area contributed by atoms with Crippen LogP contribution in [-0.4, -0.2) is 41.8 Å². The van der Waals surface area contributed by atoms with Crippen LogP contribution in [-0.2, 0) is 9.53 Å². The van der Waals surface area contributed by atoms with Crippen LogP contribution < -0.4 is 4.90 Å². The SMILES string of the molecule is C=N/C=C/C=C/C.CC12CCC(OC(=O)C3CCN(c4cccnc4)CC3)CC1=CCC1[C@@H]2CCC2(C)C(c3cccnc3)=CC[C@@H]12. The number of hydrogen-bond donors (Lipinski definition) is 0. The van der Waals surface area contributed by atoms with Crippen LogP contribution in [0.4, 0.5) is 5.69 Å². The van der Waals surface area contributed by atoms with Gasteiger partial charge in [-0.25, -0.2) is 0 Å². The Kier molecular flexibility index (Phi) is 10.2. The summed E-state index contributed by atoms with van der Waals surface area (Å²) in [5, 5.41) is 0. The van der Waals surface area contributed by atoms with Crippen LogP contribution in [0.1, 0.15) is 84.1 Å². The van der Waals surface area contributed by atoms with E-state index in [1.54, 1.807) is 11.8 Å². The molecule has 1 aliphatic heterocycles. The molecule has 4 unspecified atom stereocenters. The molecular weight excluding hydrogens is 580 g/mol. The molecule has 2 saturated carbocycles. The zero-order valence-corrected chi connectivity index (χ0v) is 28.6. The first-order valence-corrected chi connectivity index (χ1v) is 17.8. The van der Waals surface area contributed by atoms with Gasteiger partial charge in [0.2, 0.25) is 0 Å². The fraction of sp³-hybridized carbons (Fsp3) is 0.512. The molecule has 0 bridgehead atoms. The lowest BCUT2D eigenvalue weighted by Crippen LogP contribution is -2.50. The minimum atomic E-state index is 0.0193. The quantitative estimate of drug-likeness (QED) is 0.138. The van der Waals surface area contributed by atoms with Gasteiger partial charge in [-0.05, 0) is 129 Å². The molecule has 6 heteroatoms. The highest BCUT2D eigenvalue weighted by molar-refractivity contribution is 5.73. The van der Waals surface area contributed by atoms with Crippen molar-refractivity contribution in [1.82, 2.24) is 9.97 Å². The molecular formula is C41H52N4O2. The predicted octanol–water partition coefficient (Wildman–Crippen LogP) is 9.04. The third-order valence-corrected chi connectivity index (χ3v) is 12.2. The van der Waals surface area contributed by atoms with E-state index in [0.717, 1.165) is 62.7 Å². The molecule has 6 nitrogen and oxygen atoms in total. The number of hydrogen-bond acceptors (Lipinski definition) is 6. The van der Waals surface area contributed by atoms with Crippen molar-refractivity contribution in [3.05, 3.63) is 96.8 Å². The molecule has 1 saturated heterocycles. The van der Waals surface area contributed by atoms with Gasteiger partial charge in [-0.2, -0.15) is 0 Å². The van der Waals surface area contributed by atoms with Gasteiger partial charge in [-0.1, -0.05) is 49.8 Å². The van der Waals surface area contributed by atoms with E-state index in [-0.39, 0.29) is 28.8 Å². The highest BCUT2D eigenvalue weighted by atomic mass is 16.5. The zero-order valence-electron chi connectivity index (χ0n) is 28.6. The third kappa shape index (κ3) is 6.79. The summed E-state index contributed by atoms with van der Waals surface area (Å²) in [5.74, 6) is 2.24. The number of fused-ring (bicyclic) bond motifs is 5. The number of anilines is 1. The number of carbonyl (C=O) groups is 1. The normalized spacial score (nSPS) is 31.9. The number of aliphatic imine (C=N–C) groups is 1. The second-order valence-electron chi connectivity index (χ2n) is 14.6. The molecule has 6 atom stereocenters. The van der Waals surface area contributed by atoms with Crippen LogP contribution in [0.3, 0.4) is 0 Å². The zero-order chi connectivity index (χ0) is 32.9. The van der Waals surface area contributed by atoms with E-state index in [2.05, 4.69) is 77.0 Å². The minimum absolute atomic E-state index is 0.0193. The first-order valence-electron chi connectivity index (χ1n) is 17.8. The summed E-state index contributed by atoms with van der Waals surface area (Å²) in [6, 6.07) is 8.39. The highest BCUT2D eigenvalue weighted by Gasteiger charge is 2.57. The average molecular weight is 633 g/mol. The van der Waals surface area contributed by atoms with E-state index in [4.69, 9.17) is 4.74 Å². The molecule has 0 aromatic carbocycles. The Balaban J connectivity index is 0.000000499. The second kappa shape index (κ2) is 14.5. The van der Waals surface area contributed by atoms with Crippen molar-refractivity contribution >= 4 is 23.9 Å². The summed E-state index contributed by atoms with van der Waals surface area (Å²) in [7, 11) is 0. The number of esters is 1. The summed E-state index contributed by atoms with van der Waals surface area (Å²) < 4.78 is 6.23. The van der Waals surface area contributed by atoms with Gasteiger partial charge in [0.15, 0.2) is 0 Å². The maximum absolute atomic E-state index is 13.2. The van der Waals surface area contributed by atoms with Gasteiger partial charge in [-0.15, -0.1) is 0 Å². The number of pyridine rings is 2. The largest absolute Gasteiger partial charge is 0.462 e. The molecule has 3 heterocycles. The van der Waals surface area contributed by atoms with E-state index in [9.17, 15) is 4.79 Å². The summed E-state index contributed by atoms with van der Waals surface area (Å²) >= 11 is 0. The van der Waals surface area contributed by atoms with Crippen LogP contribution in [0.5, 0.6) is 0 Å². The first-order chi connectivity index (χ1) is 22.9. The molecule has 7 rings (SSSR count). The number of piperidine rings is 1. The molecule has 0 amide bonds. The molecule has 248 valence electrons. The van der Waals surface area contributed by atoms with Crippen LogP contribution >= 0.6 is 0 Å². The number of nitrogens with zero attached hydrogens (tertiary/aromatic N) is 4. The molecule has 0 radical (unpaired) electrons. The molecule has 5 aliphatic rings. The maximum Gasteiger partial charge on any atom is 0.309 e. The summed E-state index contributed by atoms with van der Waals surface area (Å²) in [6.07, 6.45) is 29.8. The Hall–Kier alpha value is -3.80. The fourth-order valence-electron chi connectivity index (χ4n) is 9.66. The van der Waals surface area contributed by atoms with Crippen LogP contribution in [0.15, 0.2) is 96.2 Å². The second-order valence-corrected chi connectivity index (χ2v) is 14.6. The number of aromatic nitrogens is 2. The predicted molar refractivity (Wildman–Crippen MR) is 192 cm³/mol. The van der Waals surface area contributed by atoms with Crippen LogP contribution in [0.2, 0.25) is 0 Å². The number of ether oxygens (including phenoxy) is 1. The standard InChI is InChI=1S/C35H43N3O2.C6H9N/c1-34-15-11-28(40-33(39)24-13-19-38(20-14-24)27-6-4-18-37-23-27)21-26(34)7-8-29-31-10-9-30(25-5-3-17-36-22-25)35(31,2)16-12-32(29)34;1-3-4-5-6-7-2/h3-7,9,17-18,22-24,28-29,31-32H,8,10-16,19-21H2,1-2H3;3-6H,2H2,1H3/b;4-3+,6-5+/t28?,29?,31-,32-,34?,35?;/m0./s1. The summed E-state index contributed by atoms with van der Waals surface area (Å²) in [4.78, 5) is 27.7. The van der Waals surface area contributed by atoms with E-state index >= 15 is 0 Å². The molecule has 2 aromatic rings. The van der Waals surface area contributed by atoms with Crippen molar-refractivity contribution in [3.8, 4) is 0 Å².